The third kappa shape index (κ3) is 15.9. The average Bonchev–Trinajstić information content (AvgIpc) is 3.93. The van der Waals surface area contributed by atoms with E-state index in [9.17, 15) is 53.7 Å². The average molecular weight is 1100 g/mol. The van der Waals surface area contributed by atoms with E-state index in [1.54, 1.807) is 50.2 Å². The molecule has 0 saturated heterocycles. The van der Waals surface area contributed by atoms with Gasteiger partial charge in [-0.2, -0.15) is 5.10 Å². The second-order valence-electron chi connectivity index (χ2n) is 21.7. The topological polar surface area (TPSA) is 347 Å². The number of ether oxygens (including phenoxy) is 3. The molecule has 3 heterocycles. The summed E-state index contributed by atoms with van der Waals surface area (Å²) in [5.74, 6) is -3.20. The van der Waals surface area contributed by atoms with Gasteiger partial charge in [0, 0.05) is 66.9 Å². The molecule has 3 aromatic rings. The number of aryl methyl sites for hydroxylation is 1. The number of carbonyl (C=O) groups excluding carboxylic acids is 7. The van der Waals surface area contributed by atoms with Crippen LogP contribution in [0.5, 0.6) is 0 Å². The van der Waals surface area contributed by atoms with Crippen LogP contribution in [0, 0.1) is 30.1 Å². The SMILES string of the molecule is Cc1[nH]nc(CC23C[C@H]4C[C@@H](C2)CC(OCCN(CC[C@H](O)CO)C(=O)OCc2ccc(NC(=O)[C@H](CCCNC(N)=O)NC(=O)[C@@H](NC(=O)CCOCCN5C(=O)C=CC5=O)C(C)C)cc2)(C4)C3)c1-c1cccnc1C(=O)O. The number of urea groups is 1. The number of benzene rings is 1. The zero-order valence-electron chi connectivity index (χ0n) is 45.0. The zero-order valence-corrected chi connectivity index (χ0v) is 45.0. The Labute approximate surface area is 457 Å². The molecule has 8 rings (SSSR count). The lowest BCUT2D eigenvalue weighted by Crippen LogP contribution is -2.58. The second-order valence-corrected chi connectivity index (χ2v) is 21.7. The van der Waals surface area contributed by atoms with E-state index in [-0.39, 0.29) is 89.4 Å². The Kier molecular flexibility index (Phi) is 20.3. The van der Waals surface area contributed by atoms with Gasteiger partial charge in [0.25, 0.3) is 11.8 Å². The number of H-pyrrole nitrogens is 1. The lowest BCUT2D eigenvalue weighted by atomic mass is 9.47. The standard InChI is InChI=1S/C55H74N10O14/c1-33(2)47(61-43(68)15-21-77-22-20-65-44(69)12-13-45(65)70)50(72)60-41(7-5-17-58-52(56)75)49(71)59-38-10-8-35(9-11-38)31-78-53(76)64(18-14-39(67)30-66)19-23-79-55-27-36-24-37(28-55)26-54(25-36,32-55)29-42-46(34(3)62-63-42)40-6-4-16-57-48(40)51(73)74/h4,6,8-13,16,33,36-37,39,41,47,66-67H,5,7,14-15,17-32H2,1-3H3,(H,59,71)(H,60,72)(H,61,68)(H,62,63)(H,73,74)(H3,56,58,75)/t36-,37+,39-,41-,47-,54?,55?/m0/s1. The number of carbonyl (C=O) groups is 8. The number of aromatic nitrogens is 3. The molecule has 4 aliphatic carbocycles. The molecule has 4 fully saturated rings. The number of aromatic amines is 1. The molecule has 8 amide bonds. The molecule has 0 radical (unpaired) electrons. The van der Waals surface area contributed by atoms with Crippen molar-refractivity contribution in [3.8, 4) is 11.1 Å². The number of hydrogen-bond acceptors (Lipinski definition) is 15. The predicted molar refractivity (Wildman–Crippen MR) is 284 cm³/mol. The van der Waals surface area contributed by atoms with Crippen molar-refractivity contribution < 1.29 is 67.9 Å². The van der Waals surface area contributed by atoms with Gasteiger partial charge in [-0.05, 0) is 118 Å². The van der Waals surface area contributed by atoms with E-state index >= 15 is 0 Å². The predicted octanol–water partition coefficient (Wildman–Crippen LogP) is 3.10. The van der Waals surface area contributed by atoms with Crippen LogP contribution in [0.2, 0.25) is 0 Å². The van der Waals surface area contributed by atoms with Crippen LogP contribution in [0.1, 0.15) is 105 Å². The van der Waals surface area contributed by atoms with Crippen LogP contribution in [-0.4, -0.2) is 164 Å². The minimum atomic E-state index is -1.11. The molecule has 0 spiro atoms. The number of amides is 8. The summed E-state index contributed by atoms with van der Waals surface area (Å²) in [7, 11) is 0. The molecule has 4 saturated carbocycles. The number of pyridine rings is 1. The highest BCUT2D eigenvalue weighted by molar-refractivity contribution is 6.12. The monoisotopic (exact) mass is 1100 g/mol. The van der Waals surface area contributed by atoms with E-state index in [0.29, 0.717) is 35.1 Å². The number of carboxylic acids is 1. The molecule has 428 valence electrons. The Hall–Kier alpha value is -7.28. The summed E-state index contributed by atoms with van der Waals surface area (Å²) < 4.78 is 18.1. The summed E-state index contributed by atoms with van der Waals surface area (Å²) in [4.78, 5) is 108. The minimum Gasteiger partial charge on any atom is -0.476 e. The van der Waals surface area contributed by atoms with Crippen LogP contribution < -0.4 is 27.0 Å². The molecular weight excluding hydrogens is 1020 g/mol. The van der Waals surface area contributed by atoms with Crippen molar-refractivity contribution in [1.82, 2.24) is 40.9 Å². The molecule has 79 heavy (non-hydrogen) atoms. The normalized spacial score (nSPS) is 21.2. The van der Waals surface area contributed by atoms with Gasteiger partial charge in [-0.3, -0.25) is 34.0 Å². The molecule has 5 aliphatic rings. The quantitative estimate of drug-likeness (QED) is 0.0342. The maximum atomic E-state index is 13.7. The fraction of sp³-hybridized carbons (Fsp3) is 0.564. The first-order valence-electron chi connectivity index (χ1n) is 27.0. The smallest absolute Gasteiger partial charge is 0.410 e. The fourth-order valence-corrected chi connectivity index (χ4v) is 12.0. The van der Waals surface area contributed by atoms with Crippen molar-refractivity contribution in [3.05, 3.63) is 77.4 Å². The van der Waals surface area contributed by atoms with Crippen LogP contribution >= 0.6 is 0 Å². The highest BCUT2D eigenvalue weighted by Gasteiger charge is 2.58. The van der Waals surface area contributed by atoms with Gasteiger partial charge >= 0.3 is 18.1 Å². The summed E-state index contributed by atoms with van der Waals surface area (Å²) in [6.07, 6.45) is 8.80. The van der Waals surface area contributed by atoms with Crippen molar-refractivity contribution >= 4 is 53.3 Å². The van der Waals surface area contributed by atoms with E-state index in [1.165, 1.54) is 11.1 Å². The third-order valence-electron chi connectivity index (χ3n) is 15.2. The summed E-state index contributed by atoms with van der Waals surface area (Å²) in [6.45, 7) is 5.32. The van der Waals surface area contributed by atoms with Crippen molar-refractivity contribution in [3.63, 3.8) is 0 Å². The number of imide groups is 1. The number of carboxylic acid groups (broad SMARTS) is 1. The molecule has 7 atom stereocenters. The molecule has 1 aromatic carbocycles. The van der Waals surface area contributed by atoms with Crippen LogP contribution in [-0.2, 0) is 51.2 Å². The van der Waals surface area contributed by atoms with Crippen LogP contribution in [0.4, 0.5) is 15.3 Å². The van der Waals surface area contributed by atoms with Crippen LogP contribution in [0.3, 0.4) is 0 Å². The second kappa shape index (κ2) is 27.1. The Morgan fingerprint density at radius 3 is 2.33 bits per heavy atom. The van der Waals surface area contributed by atoms with Gasteiger partial charge in [-0.25, -0.2) is 19.4 Å². The number of nitrogens with zero attached hydrogens (tertiary/aromatic N) is 4. The highest BCUT2D eigenvalue weighted by atomic mass is 16.6. The first-order valence-corrected chi connectivity index (χ1v) is 27.0. The van der Waals surface area contributed by atoms with E-state index in [1.807, 2.05) is 6.92 Å². The zero-order chi connectivity index (χ0) is 56.9. The van der Waals surface area contributed by atoms with Crippen molar-refractivity contribution in [2.45, 2.75) is 122 Å². The molecule has 24 nitrogen and oxygen atoms in total. The Morgan fingerprint density at radius 1 is 0.937 bits per heavy atom. The van der Waals surface area contributed by atoms with Gasteiger partial charge in [0.05, 0.1) is 50.4 Å². The van der Waals surface area contributed by atoms with E-state index in [4.69, 9.17) is 25.0 Å². The molecule has 2 aromatic heterocycles. The maximum Gasteiger partial charge on any atom is 0.410 e. The number of aromatic carboxylic acids is 1. The number of aliphatic hydroxyl groups excluding tert-OH is 2. The number of aliphatic hydroxyl groups is 2. The number of anilines is 1. The Morgan fingerprint density at radius 2 is 1.66 bits per heavy atom. The minimum absolute atomic E-state index is 0.0186. The number of nitrogens with one attached hydrogen (secondary N) is 5. The van der Waals surface area contributed by atoms with Gasteiger partial charge in [-0.1, -0.05) is 32.0 Å². The summed E-state index contributed by atoms with van der Waals surface area (Å²) >= 11 is 0. The molecule has 10 N–H and O–H groups in total. The van der Waals surface area contributed by atoms with Crippen molar-refractivity contribution in [1.29, 1.82) is 0 Å². The summed E-state index contributed by atoms with van der Waals surface area (Å²) in [5, 5.41) is 48.3. The van der Waals surface area contributed by atoms with Gasteiger partial charge in [0.1, 0.15) is 18.7 Å². The number of nitrogens with two attached hydrogens (primary N) is 1. The fourth-order valence-electron chi connectivity index (χ4n) is 12.0. The maximum absolute atomic E-state index is 13.7. The molecule has 4 bridgehead atoms. The van der Waals surface area contributed by atoms with E-state index < -0.39 is 83.9 Å². The van der Waals surface area contributed by atoms with Gasteiger partial charge in [0.2, 0.25) is 17.7 Å². The first kappa shape index (κ1) is 59.4. The summed E-state index contributed by atoms with van der Waals surface area (Å²) in [6, 6.07) is 7.13. The number of primary amides is 1. The van der Waals surface area contributed by atoms with Gasteiger partial charge < -0.3 is 61.4 Å². The van der Waals surface area contributed by atoms with Crippen molar-refractivity contribution in [2.24, 2.45) is 28.9 Å². The van der Waals surface area contributed by atoms with Crippen molar-refractivity contribution in [2.75, 3.05) is 57.9 Å². The van der Waals surface area contributed by atoms with Gasteiger partial charge in [0.15, 0.2) is 5.69 Å². The number of rotatable bonds is 30. The lowest BCUT2D eigenvalue weighted by Gasteiger charge is -2.62. The molecule has 2 unspecified atom stereocenters. The number of hydrogen-bond donors (Lipinski definition) is 9. The van der Waals surface area contributed by atoms with Crippen LogP contribution in [0.15, 0.2) is 54.7 Å². The largest absolute Gasteiger partial charge is 0.476 e. The Balaban J connectivity index is 0.918. The van der Waals surface area contributed by atoms with Crippen LogP contribution in [0.25, 0.3) is 11.1 Å². The Bertz CT molecular complexity index is 2680. The third-order valence-corrected chi connectivity index (χ3v) is 15.2. The van der Waals surface area contributed by atoms with E-state index in [2.05, 4.69) is 31.3 Å². The van der Waals surface area contributed by atoms with Gasteiger partial charge in [-0.15, -0.1) is 0 Å². The molecular formula is C55H74N10O14. The highest BCUT2D eigenvalue weighted by Crippen LogP contribution is 2.64. The lowest BCUT2D eigenvalue weighted by molar-refractivity contribution is -0.193. The first-order chi connectivity index (χ1) is 37.8. The summed E-state index contributed by atoms with van der Waals surface area (Å²) in [5.41, 5.74) is 8.49. The van der Waals surface area contributed by atoms with E-state index in [0.717, 1.165) is 72.5 Å². The molecule has 1 aliphatic heterocycles. The molecule has 24 heteroatoms.